The van der Waals surface area contributed by atoms with Crippen molar-refractivity contribution in [2.45, 2.75) is 45.9 Å². The van der Waals surface area contributed by atoms with Crippen LogP contribution in [0.2, 0.25) is 0 Å². The molecule has 0 radical (unpaired) electrons. The second kappa shape index (κ2) is 9.03. The number of aliphatic hydroxyl groups excluding tert-OH is 1. The summed E-state index contributed by atoms with van der Waals surface area (Å²) >= 11 is 0. The molecule has 0 bridgehead atoms. The number of aliphatic hydroxyl groups is 1. The lowest BCUT2D eigenvalue weighted by Gasteiger charge is -2.29. The SMILES string of the molecule is CCC(C)N(CCOC)Cc1cc(C(C)O)ccc1OC. The summed E-state index contributed by atoms with van der Waals surface area (Å²) in [5.74, 6) is 0.866. The van der Waals surface area contributed by atoms with Crippen molar-refractivity contribution in [3.05, 3.63) is 29.3 Å². The predicted octanol–water partition coefficient (Wildman–Crippen LogP) is 3.00. The first kappa shape index (κ1) is 18.0. The molecule has 0 aromatic heterocycles. The second-order valence-corrected chi connectivity index (χ2v) is 5.47. The van der Waals surface area contributed by atoms with E-state index in [2.05, 4.69) is 18.7 Å². The number of rotatable bonds is 9. The Balaban J connectivity index is 2.96. The van der Waals surface area contributed by atoms with Gasteiger partial charge in [0.25, 0.3) is 0 Å². The summed E-state index contributed by atoms with van der Waals surface area (Å²) in [6, 6.07) is 6.35. The second-order valence-electron chi connectivity index (χ2n) is 5.47. The van der Waals surface area contributed by atoms with Gasteiger partial charge in [0.15, 0.2) is 0 Å². The molecule has 1 aromatic rings. The van der Waals surface area contributed by atoms with Gasteiger partial charge in [-0.05, 0) is 38.0 Å². The number of ether oxygens (including phenoxy) is 2. The van der Waals surface area contributed by atoms with E-state index < -0.39 is 6.10 Å². The van der Waals surface area contributed by atoms with Crippen molar-refractivity contribution >= 4 is 0 Å². The summed E-state index contributed by atoms with van der Waals surface area (Å²) in [7, 11) is 3.41. The van der Waals surface area contributed by atoms with Gasteiger partial charge in [0, 0.05) is 31.8 Å². The summed E-state index contributed by atoms with van der Waals surface area (Å²) in [5.41, 5.74) is 2.02. The largest absolute Gasteiger partial charge is 0.496 e. The van der Waals surface area contributed by atoms with Crippen LogP contribution in [0.1, 0.15) is 44.4 Å². The van der Waals surface area contributed by atoms with Gasteiger partial charge in [-0.1, -0.05) is 13.0 Å². The molecule has 1 N–H and O–H groups in total. The van der Waals surface area contributed by atoms with Gasteiger partial charge in [-0.25, -0.2) is 0 Å². The monoisotopic (exact) mass is 295 g/mol. The summed E-state index contributed by atoms with van der Waals surface area (Å²) < 4.78 is 10.7. The fourth-order valence-corrected chi connectivity index (χ4v) is 2.32. The molecule has 0 saturated carbocycles. The molecule has 4 heteroatoms. The molecule has 0 spiro atoms. The van der Waals surface area contributed by atoms with Crippen molar-refractivity contribution in [3.63, 3.8) is 0 Å². The van der Waals surface area contributed by atoms with Crippen molar-refractivity contribution in [1.82, 2.24) is 4.90 Å². The molecule has 0 heterocycles. The predicted molar refractivity (Wildman–Crippen MR) is 85.7 cm³/mol. The first-order valence-electron chi connectivity index (χ1n) is 7.61. The Bertz CT molecular complexity index is 420. The van der Waals surface area contributed by atoms with Crippen LogP contribution in [0.25, 0.3) is 0 Å². The minimum absolute atomic E-state index is 0.467. The van der Waals surface area contributed by atoms with Gasteiger partial charge in [0.1, 0.15) is 5.75 Å². The Labute approximate surface area is 128 Å². The molecule has 0 amide bonds. The van der Waals surface area contributed by atoms with Crippen molar-refractivity contribution in [2.24, 2.45) is 0 Å². The first-order valence-corrected chi connectivity index (χ1v) is 7.61. The maximum absolute atomic E-state index is 9.77. The van der Waals surface area contributed by atoms with E-state index in [0.29, 0.717) is 12.6 Å². The summed E-state index contributed by atoms with van der Waals surface area (Å²) in [6.07, 6.45) is 0.618. The minimum Gasteiger partial charge on any atom is -0.496 e. The molecule has 4 nitrogen and oxygen atoms in total. The molecule has 1 rings (SSSR count). The van der Waals surface area contributed by atoms with Gasteiger partial charge in [-0.3, -0.25) is 4.90 Å². The van der Waals surface area contributed by atoms with Gasteiger partial charge in [-0.2, -0.15) is 0 Å². The molecular formula is C17H29NO3. The number of methoxy groups -OCH3 is 2. The van der Waals surface area contributed by atoms with E-state index in [0.717, 1.165) is 36.4 Å². The van der Waals surface area contributed by atoms with Crippen LogP contribution < -0.4 is 4.74 Å². The fraction of sp³-hybridized carbons (Fsp3) is 0.647. The van der Waals surface area contributed by atoms with Crippen LogP contribution in [-0.2, 0) is 11.3 Å². The van der Waals surface area contributed by atoms with Crippen molar-refractivity contribution in [3.8, 4) is 5.75 Å². The smallest absolute Gasteiger partial charge is 0.123 e. The molecule has 0 saturated heterocycles. The maximum Gasteiger partial charge on any atom is 0.123 e. The Kier molecular flexibility index (Phi) is 7.72. The quantitative estimate of drug-likeness (QED) is 0.760. The normalized spacial score (nSPS) is 14.2. The Morgan fingerprint density at radius 2 is 1.95 bits per heavy atom. The van der Waals surface area contributed by atoms with Crippen molar-refractivity contribution < 1.29 is 14.6 Å². The highest BCUT2D eigenvalue weighted by molar-refractivity contribution is 5.38. The number of nitrogens with zero attached hydrogens (tertiary/aromatic N) is 1. The summed E-state index contributed by atoms with van der Waals surface area (Å²) in [6.45, 7) is 8.58. The molecule has 0 aliphatic heterocycles. The summed E-state index contributed by atoms with van der Waals surface area (Å²) in [4.78, 5) is 2.38. The van der Waals surface area contributed by atoms with E-state index in [9.17, 15) is 5.11 Å². The lowest BCUT2D eigenvalue weighted by atomic mass is 10.0. The van der Waals surface area contributed by atoms with Crippen LogP contribution in [-0.4, -0.2) is 43.4 Å². The number of benzene rings is 1. The molecule has 120 valence electrons. The van der Waals surface area contributed by atoms with Crippen LogP contribution >= 0.6 is 0 Å². The maximum atomic E-state index is 9.77. The Morgan fingerprint density at radius 1 is 1.24 bits per heavy atom. The molecule has 21 heavy (non-hydrogen) atoms. The Hall–Kier alpha value is -1.10. The van der Waals surface area contributed by atoms with Gasteiger partial charge in [0.2, 0.25) is 0 Å². The van der Waals surface area contributed by atoms with E-state index in [1.54, 1.807) is 21.1 Å². The summed E-state index contributed by atoms with van der Waals surface area (Å²) in [5, 5.41) is 9.77. The topological polar surface area (TPSA) is 41.9 Å². The zero-order chi connectivity index (χ0) is 15.8. The molecule has 2 unspecified atom stereocenters. The van der Waals surface area contributed by atoms with Gasteiger partial charge in [-0.15, -0.1) is 0 Å². The molecule has 0 fully saturated rings. The van der Waals surface area contributed by atoms with E-state index in [1.165, 1.54) is 0 Å². The average Bonchev–Trinajstić information content (AvgIpc) is 2.50. The number of hydrogen-bond donors (Lipinski definition) is 1. The zero-order valence-electron chi connectivity index (χ0n) is 13.9. The molecule has 0 aliphatic carbocycles. The average molecular weight is 295 g/mol. The van der Waals surface area contributed by atoms with Crippen LogP contribution in [0.4, 0.5) is 0 Å². The standard InChI is InChI=1S/C17H29NO3/c1-6-13(2)18(9-10-20-4)12-16-11-15(14(3)19)7-8-17(16)21-5/h7-8,11,13-14,19H,6,9-10,12H2,1-5H3. The third kappa shape index (κ3) is 5.30. The minimum atomic E-state index is -0.467. The van der Waals surface area contributed by atoms with Crippen LogP contribution in [0, 0.1) is 0 Å². The molecular weight excluding hydrogens is 266 g/mol. The van der Waals surface area contributed by atoms with Gasteiger partial charge in [0.05, 0.1) is 19.8 Å². The van der Waals surface area contributed by atoms with Crippen LogP contribution in [0.3, 0.4) is 0 Å². The highest BCUT2D eigenvalue weighted by Gasteiger charge is 2.16. The van der Waals surface area contributed by atoms with E-state index >= 15 is 0 Å². The highest BCUT2D eigenvalue weighted by Crippen LogP contribution is 2.25. The van der Waals surface area contributed by atoms with E-state index in [-0.39, 0.29) is 0 Å². The van der Waals surface area contributed by atoms with Crippen LogP contribution in [0.5, 0.6) is 5.75 Å². The number of hydrogen-bond acceptors (Lipinski definition) is 4. The van der Waals surface area contributed by atoms with Gasteiger partial charge >= 0.3 is 0 Å². The molecule has 0 aliphatic rings. The van der Waals surface area contributed by atoms with Crippen LogP contribution in [0.15, 0.2) is 18.2 Å². The Morgan fingerprint density at radius 3 is 2.48 bits per heavy atom. The van der Waals surface area contributed by atoms with Gasteiger partial charge < -0.3 is 14.6 Å². The third-order valence-corrected chi connectivity index (χ3v) is 3.96. The van der Waals surface area contributed by atoms with E-state index in [1.807, 2.05) is 18.2 Å². The fourth-order valence-electron chi connectivity index (χ4n) is 2.32. The van der Waals surface area contributed by atoms with Crippen molar-refractivity contribution in [2.75, 3.05) is 27.4 Å². The third-order valence-electron chi connectivity index (χ3n) is 3.96. The zero-order valence-corrected chi connectivity index (χ0v) is 13.9. The first-order chi connectivity index (χ1) is 10.0. The molecule has 1 aromatic carbocycles. The molecule has 2 atom stereocenters. The highest BCUT2D eigenvalue weighted by atomic mass is 16.5. The van der Waals surface area contributed by atoms with Crippen molar-refractivity contribution in [1.29, 1.82) is 0 Å². The lowest BCUT2D eigenvalue weighted by Crippen LogP contribution is -2.35. The lowest BCUT2D eigenvalue weighted by molar-refractivity contribution is 0.117. The van der Waals surface area contributed by atoms with E-state index in [4.69, 9.17) is 9.47 Å².